The molecule has 0 fully saturated rings. The fourth-order valence-electron chi connectivity index (χ4n) is 8.84. The summed E-state index contributed by atoms with van der Waals surface area (Å²) in [5, 5.41) is 6.50. The summed E-state index contributed by atoms with van der Waals surface area (Å²) < 4.78 is 5.98. The van der Waals surface area contributed by atoms with E-state index >= 15 is 0 Å². The predicted octanol–water partition coefficient (Wildman–Crippen LogP) is 11.8. The molecule has 1 aliphatic carbocycles. The molecule has 2 N–H and O–H groups in total. The zero-order valence-electron chi connectivity index (χ0n) is 36.7. The lowest BCUT2D eigenvalue weighted by molar-refractivity contribution is 0.307. The largest absolute Gasteiger partial charge is 0.488 e. The number of hydrogen-bond acceptors (Lipinski definition) is 5. The summed E-state index contributed by atoms with van der Waals surface area (Å²) in [7, 11) is 8.26. The van der Waals surface area contributed by atoms with Crippen molar-refractivity contribution in [1.82, 2.24) is 15.5 Å². The summed E-state index contributed by atoms with van der Waals surface area (Å²) in [6.45, 7) is 4.89. The Kier molecular flexibility index (Phi) is 15.8. The van der Waals surface area contributed by atoms with Gasteiger partial charge in [-0.25, -0.2) is 0 Å². The molecule has 0 saturated carbocycles. The fourth-order valence-corrected chi connectivity index (χ4v) is 8.84. The Morgan fingerprint density at radius 1 is 0.607 bits per heavy atom. The molecule has 314 valence electrons. The lowest BCUT2D eigenvalue weighted by Crippen LogP contribution is -2.22. The minimum atomic E-state index is 0.505. The molecule has 6 aromatic rings. The normalized spacial score (nSPS) is 14.2. The fraction of sp³-hybridized carbons (Fsp3) is 0.286. The first-order valence-electron chi connectivity index (χ1n) is 22.3. The van der Waals surface area contributed by atoms with Gasteiger partial charge < -0.3 is 25.2 Å². The molecule has 0 saturated heterocycles. The van der Waals surface area contributed by atoms with Gasteiger partial charge in [0.15, 0.2) is 0 Å². The van der Waals surface area contributed by atoms with Crippen LogP contribution in [0.25, 0.3) is 17.7 Å². The zero-order valence-corrected chi connectivity index (χ0v) is 36.7. The van der Waals surface area contributed by atoms with Crippen LogP contribution in [0.1, 0.15) is 81.7 Å². The summed E-state index contributed by atoms with van der Waals surface area (Å²) in [5.41, 5.74) is 16.4. The van der Waals surface area contributed by atoms with Gasteiger partial charge in [0, 0.05) is 35.9 Å². The highest BCUT2D eigenvalue weighted by atomic mass is 16.5. The lowest BCUT2D eigenvalue weighted by atomic mass is 9.84. The Morgan fingerprint density at radius 2 is 1.13 bits per heavy atom. The maximum Gasteiger partial charge on any atom is 0.127 e. The Labute approximate surface area is 365 Å². The van der Waals surface area contributed by atoms with Crippen LogP contribution in [0, 0.1) is 0 Å². The maximum absolute atomic E-state index is 5.98. The average molecular weight is 809 g/mol. The molecule has 0 radical (unpaired) electrons. The molecule has 0 amide bonds. The van der Waals surface area contributed by atoms with Gasteiger partial charge in [-0.05, 0) is 148 Å². The molecular formula is C56H64N4O. The van der Waals surface area contributed by atoms with Crippen LogP contribution in [0.5, 0.6) is 5.75 Å². The quantitative estimate of drug-likeness (QED) is 0.128. The number of rotatable bonds is 11. The standard InChI is InChI=1S/C19H21NO.C19H21N.C18H22N2/c1-20(2)13-7-11-17-16-9-4-3-8-15(16)14-21-19-12-6-5-10-18(17)19;1-20-14-6-11-19-17-9-4-2-7-15(17)12-13-16-8-3-5-10-18(16)19;1-19-13-6-14-20-17-9-4-2-7-15(17)11-12-16-8-3-5-10-18(16)20/h3-6,8-12H,7,13-14H2,1-2H3;2-5,7-10,12-13,19-20H,6,11,14H2,1H3;2-5,7-10,19H,6,11-14H2,1H3/b17-11-;;. The lowest BCUT2D eigenvalue weighted by Gasteiger charge is -2.27. The number of hydrogen-bond donors (Lipinski definition) is 2. The van der Waals surface area contributed by atoms with Gasteiger partial charge in [0.2, 0.25) is 0 Å². The van der Waals surface area contributed by atoms with E-state index in [1.54, 1.807) is 0 Å². The molecule has 3 aliphatic rings. The van der Waals surface area contributed by atoms with Crippen LogP contribution in [-0.4, -0.2) is 59.3 Å². The van der Waals surface area contributed by atoms with Crippen LogP contribution >= 0.6 is 0 Å². The third-order valence-corrected chi connectivity index (χ3v) is 11.9. The van der Waals surface area contributed by atoms with E-state index in [1.807, 2.05) is 20.2 Å². The van der Waals surface area contributed by atoms with E-state index in [0.29, 0.717) is 12.5 Å². The number of benzene rings is 6. The number of nitrogens with one attached hydrogen (secondary N) is 2. The molecule has 0 aromatic heterocycles. The molecule has 2 heterocycles. The molecule has 61 heavy (non-hydrogen) atoms. The van der Waals surface area contributed by atoms with Crippen molar-refractivity contribution in [2.75, 3.05) is 59.3 Å². The number of ether oxygens (including phenoxy) is 1. The monoisotopic (exact) mass is 809 g/mol. The summed E-state index contributed by atoms with van der Waals surface area (Å²) in [6, 6.07) is 52.1. The zero-order chi connectivity index (χ0) is 42.2. The van der Waals surface area contributed by atoms with Crippen molar-refractivity contribution in [2.45, 2.75) is 51.0 Å². The van der Waals surface area contributed by atoms with Gasteiger partial charge in [0.25, 0.3) is 0 Å². The van der Waals surface area contributed by atoms with E-state index in [1.165, 1.54) is 79.9 Å². The highest BCUT2D eigenvalue weighted by Crippen LogP contribution is 2.39. The Bertz CT molecular complexity index is 2220. The summed E-state index contributed by atoms with van der Waals surface area (Å²) in [4.78, 5) is 4.71. The van der Waals surface area contributed by atoms with Crippen molar-refractivity contribution < 1.29 is 4.74 Å². The van der Waals surface area contributed by atoms with Crippen molar-refractivity contribution in [2.24, 2.45) is 0 Å². The van der Waals surface area contributed by atoms with Gasteiger partial charge in [0.1, 0.15) is 12.4 Å². The maximum atomic E-state index is 5.98. The van der Waals surface area contributed by atoms with Gasteiger partial charge in [0.05, 0.1) is 0 Å². The third-order valence-electron chi connectivity index (χ3n) is 11.9. The minimum Gasteiger partial charge on any atom is -0.488 e. The summed E-state index contributed by atoms with van der Waals surface area (Å²) >= 11 is 0. The number of aryl methyl sites for hydroxylation is 2. The summed E-state index contributed by atoms with van der Waals surface area (Å²) in [6.07, 6.45) is 13.7. The Balaban J connectivity index is 0.000000138. The van der Waals surface area contributed by atoms with E-state index in [4.69, 9.17) is 4.74 Å². The van der Waals surface area contributed by atoms with Crippen LogP contribution < -0.4 is 20.3 Å². The molecule has 5 nitrogen and oxygen atoms in total. The number of nitrogens with zero attached hydrogens (tertiary/aromatic N) is 2. The Hall–Kier alpha value is -5.72. The van der Waals surface area contributed by atoms with Crippen LogP contribution in [0.2, 0.25) is 0 Å². The molecule has 0 bridgehead atoms. The van der Waals surface area contributed by atoms with Crippen molar-refractivity contribution in [1.29, 1.82) is 0 Å². The SMILES string of the molecule is CN(C)CC/C=C1/c2ccccc2COc2ccccc21.CNCCCC1c2ccccc2C=Cc2ccccc21.CNCCCN1c2ccccc2CCc2ccccc21. The second kappa shape index (κ2) is 22.2. The molecular weight excluding hydrogens is 745 g/mol. The predicted molar refractivity (Wildman–Crippen MR) is 260 cm³/mol. The number of fused-ring (bicyclic) bond motifs is 6. The van der Waals surface area contributed by atoms with Crippen LogP contribution in [-0.2, 0) is 19.4 Å². The van der Waals surface area contributed by atoms with Gasteiger partial charge >= 0.3 is 0 Å². The second-order valence-corrected chi connectivity index (χ2v) is 16.4. The van der Waals surface area contributed by atoms with Gasteiger partial charge in [-0.3, -0.25) is 0 Å². The highest BCUT2D eigenvalue weighted by Gasteiger charge is 2.22. The van der Waals surface area contributed by atoms with E-state index in [9.17, 15) is 0 Å². The molecule has 2 aliphatic heterocycles. The second-order valence-electron chi connectivity index (χ2n) is 16.4. The average Bonchev–Trinajstić information content (AvgIpc) is 3.64. The first-order chi connectivity index (χ1) is 30.1. The number of para-hydroxylation sites is 3. The van der Waals surface area contributed by atoms with E-state index in [0.717, 1.165) is 57.6 Å². The molecule has 0 unspecified atom stereocenters. The third kappa shape index (κ3) is 11.2. The van der Waals surface area contributed by atoms with Crippen molar-refractivity contribution >= 4 is 29.1 Å². The van der Waals surface area contributed by atoms with Crippen LogP contribution in [0.15, 0.2) is 152 Å². The smallest absolute Gasteiger partial charge is 0.127 e. The van der Waals surface area contributed by atoms with E-state index in [-0.39, 0.29) is 0 Å². The first kappa shape index (κ1) is 43.4. The number of anilines is 2. The Morgan fingerprint density at radius 3 is 1.75 bits per heavy atom. The molecule has 0 spiro atoms. The molecule has 9 rings (SSSR count). The van der Waals surface area contributed by atoms with E-state index < -0.39 is 0 Å². The molecule has 0 atom stereocenters. The molecule has 5 heteroatoms. The first-order valence-corrected chi connectivity index (χ1v) is 22.3. The summed E-state index contributed by atoms with van der Waals surface area (Å²) in [5.74, 6) is 1.48. The van der Waals surface area contributed by atoms with Crippen molar-refractivity contribution in [3.05, 3.63) is 202 Å². The molecule has 6 aromatic carbocycles. The van der Waals surface area contributed by atoms with Gasteiger partial charge in [-0.2, -0.15) is 0 Å². The van der Waals surface area contributed by atoms with Crippen LogP contribution in [0.4, 0.5) is 11.4 Å². The van der Waals surface area contributed by atoms with Gasteiger partial charge in [-0.15, -0.1) is 0 Å². The minimum absolute atomic E-state index is 0.505. The topological polar surface area (TPSA) is 39.8 Å². The van der Waals surface area contributed by atoms with Crippen molar-refractivity contribution in [3.8, 4) is 5.75 Å². The van der Waals surface area contributed by atoms with Crippen LogP contribution in [0.3, 0.4) is 0 Å². The highest BCUT2D eigenvalue weighted by molar-refractivity contribution is 5.85. The van der Waals surface area contributed by atoms with Crippen molar-refractivity contribution in [3.63, 3.8) is 0 Å². The van der Waals surface area contributed by atoms with Gasteiger partial charge in [-0.1, -0.05) is 146 Å². The van der Waals surface area contributed by atoms with E-state index in [2.05, 4.69) is 192 Å².